The first kappa shape index (κ1) is 16.4. The smallest absolute Gasteiger partial charge is 0.248 e. The van der Waals surface area contributed by atoms with Gasteiger partial charge in [0.05, 0.1) is 24.8 Å². The van der Waals surface area contributed by atoms with Gasteiger partial charge in [0.2, 0.25) is 11.9 Å². The Morgan fingerprint density at radius 2 is 2.15 bits per heavy atom. The summed E-state index contributed by atoms with van der Waals surface area (Å²) >= 11 is 0. The van der Waals surface area contributed by atoms with Crippen molar-refractivity contribution in [3.8, 4) is 11.4 Å². The Balaban J connectivity index is 1.52. The summed E-state index contributed by atoms with van der Waals surface area (Å²) in [6.07, 6.45) is 6.35. The van der Waals surface area contributed by atoms with Gasteiger partial charge in [0.1, 0.15) is 5.75 Å². The third-order valence-corrected chi connectivity index (χ3v) is 4.43. The second kappa shape index (κ2) is 6.70. The van der Waals surface area contributed by atoms with E-state index < -0.39 is 0 Å². The van der Waals surface area contributed by atoms with Crippen LogP contribution in [0.1, 0.15) is 18.5 Å². The fourth-order valence-electron chi connectivity index (χ4n) is 2.80. The van der Waals surface area contributed by atoms with Crippen molar-refractivity contribution in [2.45, 2.75) is 19.8 Å². The number of rotatable bonds is 7. The van der Waals surface area contributed by atoms with E-state index in [2.05, 4.69) is 25.7 Å². The molecular weight excluding hydrogens is 330 g/mol. The van der Waals surface area contributed by atoms with Crippen LogP contribution in [0.5, 0.6) is 5.75 Å². The van der Waals surface area contributed by atoms with Crippen molar-refractivity contribution in [3.63, 3.8) is 0 Å². The Kier molecular flexibility index (Phi) is 4.24. The number of hydrogen-bond acceptors (Lipinski definition) is 6. The molecule has 2 heterocycles. The highest BCUT2D eigenvalue weighted by atomic mass is 16.5. The van der Waals surface area contributed by atoms with Gasteiger partial charge in [-0.2, -0.15) is 4.98 Å². The lowest BCUT2D eigenvalue weighted by molar-refractivity contribution is 0.413. The Labute approximate surface area is 152 Å². The molecule has 0 unspecified atom stereocenters. The molecule has 0 atom stereocenters. The van der Waals surface area contributed by atoms with Crippen molar-refractivity contribution in [2.24, 2.45) is 13.0 Å². The van der Waals surface area contributed by atoms with Crippen molar-refractivity contribution >= 4 is 17.6 Å². The van der Waals surface area contributed by atoms with Crippen molar-refractivity contribution in [2.75, 3.05) is 24.3 Å². The molecule has 8 heteroatoms. The Morgan fingerprint density at radius 1 is 1.31 bits per heavy atom. The highest BCUT2D eigenvalue weighted by Crippen LogP contribution is 2.30. The zero-order valence-corrected chi connectivity index (χ0v) is 15.2. The van der Waals surface area contributed by atoms with Crippen LogP contribution in [-0.4, -0.2) is 38.0 Å². The van der Waals surface area contributed by atoms with Crippen LogP contribution in [0.15, 0.2) is 30.7 Å². The van der Waals surface area contributed by atoms with Gasteiger partial charge in [-0.1, -0.05) is 0 Å². The fourth-order valence-corrected chi connectivity index (χ4v) is 2.80. The summed E-state index contributed by atoms with van der Waals surface area (Å²) in [6.45, 7) is 2.92. The topological polar surface area (TPSA) is 81.8 Å². The van der Waals surface area contributed by atoms with Crippen LogP contribution in [0.4, 0.5) is 17.6 Å². The summed E-state index contributed by atoms with van der Waals surface area (Å²) in [5, 5.41) is 11.0. The molecule has 0 bridgehead atoms. The third-order valence-electron chi connectivity index (χ3n) is 4.43. The number of methoxy groups -OCH3 is 1. The lowest BCUT2D eigenvalue weighted by atomic mass is 10.2. The quantitative estimate of drug-likeness (QED) is 0.680. The fraction of sp³-hybridized carbons (Fsp3) is 0.389. The number of aryl methyl sites for hydroxylation is 2. The van der Waals surface area contributed by atoms with E-state index in [0.717, 1.165) is 41.2 Å². The van der Waals surface area contributed by atoms with E-state index in [9.17, 15) is 0 Å². The monoisotopic (exact) mass is 353 g/mol. The van der Waals surface area contributed by atoms with Gasteiger partial charge in [-0.25, -0.2) is 9.67 Å². The van der Waals surface area contributed by atoms with Crippen molar-refractivity contribution in [1.29, 1.82) is 0 Å². The van der Waals surface area contributed by atoms with E-state index in [0.29, 0.717) is 5.95 Å². The van der Waals surface area contributed by atoms with Crippen LogP contribution in [0, 0.1) is 12.8 Å². The summed E-state index contributed by atoms with van der Waals surface area (Å²) in [4.78, 5) is 8.79. The van der Waals surface area contributed by atoms with Crippen LogP contribution < -0.4 is 15.4 Å². The Bertz CT molecular complexity index is 910. The molecule has 0 radical (unpaired) electrons. The summed E-state index contributed by atoms with van der Waals surface area (Å²) in [5.74, 6) is 2.86. The minimum atomic E-state index is 0.555. The molecule has 0 saturated heterocycles. The molecule has 1 aliphatic carbocycles. The minimum absolute atomic E-state index is 0.555. The van der Waals surface area contributed by atoms with E-state index in [-0.39, 0.29) is 0 Å². The zero-order valence-electron chi connectivity index (χ0n) is 15.2. The number of aromatic nitrogens is 5. The molecule has 1 aromatic carbocycles. The highest BCUT2D eigenvalue weighted by molar-refractivity contribution is 5.62. The van der Waals surface area contributed by atoms with Gasteiger partial charge in [-0.3, -0.25) is 0 Å². The first-order valence-electron chi connectivity index (χ1n) is 8.73. The number of ether oxygens (including phenoxy) is 1. The van der Waals surface area contributed by atoms with E-state index in [1.807, 2.05) is 42.9 Å². The van der Waals surface area contributed by atoms with Crippen molar-refractivity contribution < 1.29 is 4.74 Å². The summed E-state index contributed by atoms with van der Waals surface area (Å²) in [7, 11) is 3.55. The molecule has 0 aliphatic heterocycles. The largest absolute Gasteiger partial charge is 0.494 e. The van der Waals surface area contributed by atoms with Crippen molar-refractivity contribution in [3.05, 3.63) is 36.4 Å². The molecule has 1 aliphatic rings. The molecule has 1 saturated carbocycles. The number of nitrogens with one attached hydrogen (secondary N) is 2. The predicted molar refractivity (Wildman–Crippen MR) is 100 cm³/mol. The van der Waals surface area contributed by atoms with Gasteiger partial charge >= 0.3 is 0 Å². The molecule has 0 amide bonds. The lowest BCUT2D eigenvalue weighted by Gasteiger charge is -2.11. The number of imidazole rings is 1. The summed E-state index contributed by atoms with van der Waals surface area (Å²) in [5.41, 5.74) is 2.75. The molecule has 2 N–H and O–H groups in total. The first-order valence-corrected chi connectivity index (χ1v) is 8.73. The van der Waals surface area contributed by atoms with Crippen LogP contribution in [0.25, 0.3) is 5.69 Å². The zero-order chi connectivity index (χ0) is 18.1. The van der Waals surface area contributed by atoms with E-state index in [1.54, 1.807) is 18.1 Å². The van der Waals surface area contributed by atoms with Gasteiger partial charge in [-0.05, 0) is 37.8 Å². The Morgan fingerprint density at radius 3 is 2.85 bits per heavy atom. The molecule has 8 nitrogen and oxygen atoms in total. The van der Waals surface area contributed by atoms with Gasteiger partial charge in [0.15, 0.2) is 0 Å². The second-order valence-corrected chi connectivity index (χ2v) is 6.64. The van der Waals surface area contributed by atoms with Crippen LogP contribution in [-0.2, 0) is 7.05 Å². The van der Waals surface area contributed by atoms with Crippen molar-refractivity contribution in [1.82, 2.24) is 24.3 Å². The van der Waals surface area contributed by atoms with E-state index in [4.69, 9.17) is 4.74 Å². The first-order chi connectivity index (χ1) is 12.6. The van der Waals surface area contributed by atoms with E-state index in [1.165, 1.54) is 12.8 Å². The minimum Gasteiger partial charge on any atom is -0.494 e. The average molecular weight is 353 g/mol. The maximum atomic E-state index is 5.54. The highest BCUT2D eigenvalue weighted by Gasteiger charge is 2.21. The molecule has 1 fully saturated rings. The van der Waals surface area contributed by atoms with Gasteiger partial charge in [-0.15, -0.1) is 5.10 Å². The normalized spacial score (nSPS) is 13.7. The number of nitrogens with zero attached hydrogens (tertiary/aromatic N) is 5. The number of benzene rings is 1. The average Bonchev–Trinajstić information content (AvgIpc) is 3.27. The van der Waals surface area contributed by atoms with Crippen LogP contribution in [0.3, 0.4) is 0 Å². The summed E-state index contributed by atoms with van der Waals surface area (Å²) in [6, 6.07) is 5.89. The van der Waals surface area contributed by atoms with Crippen LogP contribution in [0.2, 0.25) is 0 Å². The van der Waals surface area contributed by atoms with Crippen LogP contribution >= 0.6 is 0 Å². The predicted octanol–water partition coefficient (Wildman–Crippen LogP) is 2.88. The second-order valence-electron chi connectivity index (χ2n) is 6.64. The van der Waals surface area contributed by atoms with Gasteiger partial charge < -0.3 is 19.9 Å². The molecule has 26 heavy (non-hydrogen) atoms. The number of anilines is 3. The molecule has 136 valence electrons. The maximum absolute atomic E-state index is 5.54. The standard InChI is InChI=1S/C18H23N7O/c1-12-10-25(11-20-12)15-7-6-14(8-16(15)26-3)21-17-22-18(24(2)23-17)19-9-13-4-5-13/h6-8,10-11,13H,4-5,9H2,1-3H3,(H2,19,21,22,23). The molecular formula is C18H23N7O. The maximum Gasteiger partial charge on any atom is 0.248 e. The lowest BCUT2D eigenvalue weighted by Crippen LogP contribution is -2.08. The molecule has 0 spiro atoms. The molecule has 4 rings (SSSR count). The van der Waals surface area contributed by atoms with E-state index >= 15 is 0 Å². The third kappa shape index (κ3) is 3.49. The van der Waals surface area contributed by atoms with Gasteiger partial charge in [0, 0.05) is 31.5 Å². The molecule has 2 aromatic heterocycles. The number of hydrogen-bond donors (Lipinski definition) is 2. The van der Waals surface area contributed by atoms with Gasteiger partial charge in [0.25, 0.3) is 0 Å². The molecule has 3 aromatic rings. The Hall–Kier alpha value is -3.03. The summed E-state index contributed by atoms with van der Waals surface area (Å²) < 4.78 is 9.24. The SMILES string of the molecule is COc1cc(Nc2nc(NCC3CC3)n(C)n2)ccc1-n1cnc(C)c1.